The lowest BCUT2D eigenvalue weighted by Crippen LogP contribution is -2.30. The van der Waals surface area contributed by atoms with E-state index in [-0.39, 0.29) is 0 Å². The first-order valence-electron chi connectivity index (χ1n) is 9.19. The minimum Gasteiger partial charge on any atom is -0.282 e. The molecular weight excluding hydrogens is 362 g/mol. The monoisotopic (exact) mass is 385 g/mol. The molecule has 8 heteroatoms. The molecule has 0 spiro atoms. The van der Waals surface area contributed by atoms with Crippen LogP contribution in [0.25, 0.3) is 17.2 Å². The summed E-state index contributed by atoms with van der Waals surface area (Å²) in [6.45, 7) is 1.24. The van der Waals surface area contributed by atoms with Crippen molar-refractivity contribution in [3.8, 4) is 11.4 Å². The molecule has 1 atom stereocenters. The van der Waals surface area contributed by atoms with Gasteiger partial charge in [-0.3, -0.25) is 9.38 Å². The zero-order valence-electron chi connectivity index (χ0n) is 15.3. The van der Waals surface area contributed by atoms with Crippen LogP contribution in [0.15, 0.2) is 43.0 Å². The SMILES string of the molecule is CS(=O)(=O)N1CCC[C@@H](Cc2ccnc(-c3cnc4ncccn34)c2)CC1. The largest absolute Gasteiger partial charge is 0.282 e. The van der Waals surface area contributed by atoms with Crippen molar-refractivity contribution >= 4 is 15.8 Å². The Balaban J connectivity index is 1.52. The van der Waals surface area contributed by atoms with E-state index >= 15 is 0 Å². The van der Waals surface area contributed by atoms with Gasteiger partial charge in [-0.05, 0) is 55.4 Å². The molecule has 7 nitrogen and oxygen atoms in total. The minimum atomic E-state index is -3.09. The van der Waals surface area contributed by atoms with Gasteiger partial charge in [0.1, 0.15) is 0 Å². The zero-order chi connectivity index (χ0) is 18.9. The standard InChI is InChI=1S/C19H23N5O2S/c1-27(25,26)23-9-2-4-15(6-11-23)12-16-5-8-20-17(13-16)18-14-22-19-21-7-3-10-24(18)19/h3,5,7-8,10,13-15H,2,4,6,9,11-12H2,1H3/t15-/m1/s1. The molecule has 27 heavy (non-hydrogen) atoms. The molecule has 1 saturated heterocycles. The Morgan fingerprint density at radius 2 is 2.04 bits per heavy atom. The van der Waals surface area contributed by atoms with Gasteiger partial charge in [-0.1, -0.05) is 0 Å². The smallest absolute Gasteiger partial charge is 0.234 e. The van der Waals surface area contributed by atoms with Crippen molar-refractivity contribution in [3.05, 3.63) is 48.5 Å². The highest BCUT2D eigenvalue weighted by Gasteiger charge is 2.23. The summed E-state index contributed by atoms with van der Waals surface area (Å²) in [4.78, 5) is 13.1. The molecule has 0 N–H and O–H groups in total. The summed E-state index contributed by atoms with van der Waals surface area (Å²) in [6, 6.07) is 6.03. The van der Waals surface area contributed by atoms with Gasteiger partial charge in [-0.2, -0.15) is 0 Å². The first kappa shape index (κ1) is 18.1. The van der Waals surface area contributed by atoms with Crippen LogP contribution < -0.4 is 0 Å². The summed E-state index contributed by atoms with van der Waals surface area (Å²) in [5.41, 5.74) is 3.01. The molecular formula is C19H23N5O2S. The molecule has 0 amide bonds. The summed E-state index contributed by atoms with van der Waals surface area (Å²) in [5, 5.41) is 0. The molecule has 0 saturated carbocycles. The lowest BCUT2D eigenvalue weighted by Gasteiger charge is -2.17. The molecule has 1 aliphatic heterocycles. The maximum atomic E-state index is 11.8. The molecule has 4 rings (SSSR count). The van der Waals surface area contributed by atoms with E-state index in [4.69, 9.17) is 0 Å². The van der Waals surface area contributed by atoms with Crippen LogP contribution in [0.5, 0.6) is 0 Å². The van der Waals surface area contributed by atoms with E-state index in [0.717, 1.165) is 37.1 Å². The molecule has 0 unspecified atom stereocenters. The second-order valence-electron chi connectivity index (χ2n) is 7.15. The quantitative estimate of drug-likeness (QED) is 0.689. The van der Waals surface area contributed by atoms with Crippen LogP contribution in [-0.2, 0) is 16.4 Å². The Morgan fingerprint density at radius 3 is 2.89 bits per heavy atom. The number of sulfonamides is 1. The van der Waals surface area contributed by atoms with E-state index in [9.17, 15) is 8.42 Å². The summed E-state index contributed by atoms with van der Waals surface area (Å²) < 4.78 is 27.1. The number of rotatable bonds is 4. The van der Waals surface area contributed by atoms with Gasteiger partial charge < -0.3 is 0 Å². The van der Waals surface area contributed by atoms with Crippen LogP contribution in [0.1, 0.15) is 24.8 Å². The van der Waals surface area contributed by atoms with Crippen molar-refractivity contribution in [2.24, 2.45) is 5.92 Å². The van der Waals surface area contributed by atoms with Gasteiger partial charge in [0.2, 0.25) is 15.8 Å². The third-order valence-corrected chi connectivity index (χ3v) is 6.48. The summed E-state index contributed by atoms with van der Waals surface area (Å²) in [5.74, 6) is 1.14. The first-order valence-corrected chi connectivity index (χ1v) is 11.0. The fourth-order valence-corrected chi connectivity index (χ4v) is 4.66. The molecule has 0 aliphatic carbocycles. The fourth-order valence-electron chi connectivity index (χ4n) is 3.77. The first-order chi connectivity index (χ1) is 13.0. The van der Waals surface area contributed by atoms with E-state index < -0.39 is 10.0 Å². The Morgan fingerprint density at radius 1 is 1.15 bits per heavy atom. The highest BCUT2D eigenvalue weighted by atomic mass is 32.2. The topological polar surface area (TPSA) is 80.5 Å². The predicted molar refractivity (Wildman–Crippen MR) is 104 cm³/mol. The number of pyridine rings is 1. The van der Waals surface area contributed by atoms with Crippen molar-refractivity contribution in [1.82, 2.24) is 23.7 Å². The molecule has 1 aliphatic rings. The average molecular weight is 385 g/mol. The third kappa shape index (κ3) is 4.01. The molecule has 3 aromatic heterocycles. The molecule has 142 valence electrons. The van der Waals surface area contributed by atoms with Gasteiger partial charge in [-0.15, -0.1) is 0 Å². The van der Waals surface area contributed by atoms with E-state index in [1.165, 1.54) is 11.8 Å². The highest BCUT2D eigenvalue weighted by Crippen LogP contribution is 2.25. The fraction of sp³-hybridized carbons (Fsp3) is 0.421. The Kier molecular flexibility index (Phi) is 4.92. The van der Waals surface area contributed by atoms with Crippen LogP contribution in [0.4, 0.5) is 0 Å². The zero-order valence-corrected chi connectivity index (χ0v) is 16.1. The van der Waals surface area contributed by atoms with Crippen LogP contribution in [0, 0.1) is 5.92 Å². The van der Waals surface area contributed by atoms with Crippen molar-refractivity contribution in [3.63, 3.8) is 0 Å². The predicted octanol–water partition coefficient (Wildman–Crippen LogP) is 2.40. The maximum Gasteiger partial charge on any atom is 0.234 e. The van der Waals surface area contributed by atoms with Gasteiger partial charge in [0.05, 0.1) is 23.8 Å². The van der Waals surface area contributed by atoms with Crippen molar-refractivity contribution < 1.29 is 8.42 Å². The molecule has 0 bridgehead atoms. The van der Waals surface area contributed by atoms with Crippen molar-refractivity contribution in [1.29, 1.82) is 0 Å². The second kappa shape index (κ2) is 7.36. The minimum absolute atomic E-state index is 0.482. The van der Waals surface area contributed by atoms with Crippen LogP contribution in [0.3, 0.4) is 0 Å². The third-order valence-electron chi connectivity index (χ3n) is 5.18. The number of aromatic nitrogens is 4. The van der Waals surface area contributed by atoms with Gasteiger partial charge in [0, 0.05) is 31.7 Å². The van der Waals surface area contributed by atoms with Crippen molar-refractivity contribution in [2.45, 2.75) is 25.7 Å². The van der Waals surface area contributed by atoms with Gasteiger partial charge in [0.15, 0.2) is 0 Å². The number of nitrogens with zero attached hydrogens (tertiary/aromatic N) is 5. The normalized spacial score (nSPS) is 19.2. The Hall–Kier alpha value is -2.32. The number of hydrogen-bond acceptors (Lipinski definition) is 5. The Bertz CT molecular complexity index is 1050. The average Bonchev–Trinajstić information content (AvgIpc) is 2.93. The van der Waals surface area contributed by atoms with E-state index in [0.29, 0.717) is 24.8 Å². The van der Waals surface area contributed by atoms with E-state index in [1.54, 1.807) is 16.7 Å². The number of fused-ring (bicyclic) bond motifs is 1. The maximum absolute atomic E-state index is 11.8. The molecule has 3 aromatic rings. The summed E-state index contributed by atoms with van der Waals surface area (Å²) in [6.07, 6.45) is 12.4. The van der Waals surface area contributed by atoms with E-state index in [1.807, 2.05) is 28.9 Å². The van der Waals surface area contributed by atoms with Crippen molar-refractivity contribution in [2.75, 3.05) is 19.3 Å². The Labute approximate surface area is 159 Å². The lowest BCUT2D eigenvalue weighted by atomic mass is 9.93. The van der Waals surface area contributed by atoms with Gasteiger partial charge >= 0.3 is 0 Å². The second-order valence-corrected chi connectivity index (χ2v) is 9.13. The highest BCUT2D eigenvalue weighted by molar-refractivity contribution is 7.88. The molecule has 0 radical (unpaired) electrons. The van der Waals surface area contributed by atoms with Gasteiger partial charge in [-0.25, -0.2) is 22.7 Å². The number of imidazole rings is 1. The van der Waals surface area contributed by atoms with E-state index in [2.05, 4.69) is 21.0 Å². The van der Waals surface area contributed by atoms with Crippen LogP contribution in [0.2, 0.25) is 0 Å². The molecule has 4 heterocycles. The lowest BCUT2D eigenvalue weighted by molar-refractivity contribution is 0.413. The molecule has 1 fully saturated rings. The van der Waals surface area contributed by atoms with Crippen LogP contribution in [-0.4, -0.2) is 51.4 Å². The summed E-state index contributed by atoms with van der Waals surface area (Å²) in [7, 11) is -3.09. The van der Waals surface area contributed by atoms with Crippen LogP contribution >= 0.6 is 0 Å². The van der Waals surface area contributed by atoms with Gasteiger partial charge in [0.25, 0.3) is 0 Å². The summed E-state index contributed by atoms with van der Waals surface area (Å²) >= 11 is 0. The molecule has 0 aromatic carbocycles. The number of hydrogen-bond donors (Lipinski definition) is 0.